The van der Waals surface area contributed by atoms with E-state index in [4.69, 9.17) is 0 Å². The highest BCUT2D eigenvalue weighted by Gasteiger charge is 2.33. The zero-order chi connectivity index (χ0) is 14.7. The van der Waals surface area contributed by atoms with Crippen LogP contribution >= 0.6 is 0 Å². The number of nitrogens with one attached hydrogen (secondary N) is 1. The molecule has 2 atom stereocenters. The second-order valence-electron chi connectivity index (χ2n) is 5.69. The quantitative estimate of drug-likeness (QED) is 0.828. The van der Waals surface area contributed by atoms with Gasteiger partial charge in [-0.3, -0.25) is 0 Å². The van der Waals surface area contributed by atoms with Crippen LogP contribution in [0, 0.1) is 6.92 Å². The lowest BCUT2D eigenvalue weighted by molar-refractivity contribution is 0.191. The fourth-order valence-electron chi connectivity index (χ4n) is 2.71. The van der Waals surface area contributed by atoms with Crippen molar-refractivity contribution in [1.82, 2.24) is 14.9 Å². The number of aliphatic hydroxyl groups excluding tert-OH is 1. The van der Waals surface area contributed by atoms with Crippen molar-refractivity contribution in [2.45, 2.75) is 32.4 Å². The van der Waals surface area contributed by atoms with Gasteiger partial charge in [-0.2, -0.15) is 4.98 Å². The molecule has 1 aliphatic heterocycles. The molecule has 0 saturated carbocycles. The molecule has 2 heterocycles. The molecule has 1 aromatic rings. The fourth-order valence-corrected chi connectivity index (χ4v) is 2.71. The summed E-state index contributed by atoms with van der Waals surface area (Å²) in [6.07, 6.45) is 2.35. The third-order valence-corrected chi connectivity index (χ3v) is 3.52. The molecule has 1 saturated heterocycles. The first kappa shape index (κ1) is 15.0. The number of aliphatic hydroxyl groups is 1. The number of rotatable bonds is 5. The van der Waals surface area contributed by atoms with Crippen molar-refractivity contribution in [1.29, 1.82) is 0 Å². The molecule has 2 rings (SSSR count). The molecule has 6 nitrogen and oxygen atoms in total. The highest BCUT2D eigenvalue weighted by molar-refractivity contribution is 5.51. The van der Waals surface area contributed by atoms with E-state index >= 15 is 0 Å². The molecular weight excluding hydrogens is 254 g/mol. The van der Waals surface area contributed by atoms with E-state index in [1.807, 2.05) is 20.0 Å². The van der Waals surface area contributed by atoms with Crippen molar-refractivity contribution in [3.63, 3.8) is 0 Å². The maximum absolute atomic E-state index is 9.99. The minimum Gasteiger partial charge on any atom is -0.391 e. The maximum atomic E-state index is 9.99. The van der Waals surface area contributed by atoms with Gasteiger partial charge in [-0.05, 0) is 34.4 Å². The average Bonchev–Trinajstić information content (AvgIpc) is 2.72. The third kappa shape index (κ3) is 3.37. The number of aryl methyl sites for hydroxylation is 1. The summed E-state index contributed by atoms with van der Waals surface area (Å²) in [6.45, 7) is 6.39. The highest BCUT2D eigenvalue weighted by atomic mass is 16.3. The van der Waals surface area contributed by atoms with Crippen LogP contribution in [0.3, 0.4) is 0 Å². The zero-order valence-corrected chi connectivity index (χ0v) is 12.8. The van der Waals surface area contributed by atoms with Crippen LogP contribution in [0.5, 0.6) is 0 Å². The molecule has 6 heteroatoms. The number of nitrogens with zero attached hydrogens (tertiary/aromatic N) is 4. The predicted molar refractivity (Wildman–Crippen MR) is 81.2 cm³/mol. The van der Waals surface area contributed by atoms with Crippen molar-refractivity contribution in [2.24, 2.45) is 0 Å². The number of aromatic nitrogens is 2. The number of hydrogen-bond donors (Lipinski definition) is 2. The summed E-state index contributed by atoms with van der Waals surface area (Å²) in [5.74, 6) is 1.58. The van der Waals surface area contributed by atoms with Crippen LogP contribution in [0.4, 0.5) is 11.8 Å². The molecule has 0 spiro atoms. The molecule has 1 aromatic heterocycles. The van der Waals surface area contributed by atoms with Gasteiger partial charge < -0.3 is 20.2 Å². The largest absolute Gasteiger partial charge is 0.391 e. The van der Waals surface area contributed by atoms with E-state index in [1.54, 1.807) is 0 Å². The molecule has 1 aliphatic rings. The molecule has 20 heavy (non-hydrogen) atoms. The Bertz CT molecular complexity index is 451. The van der Waals surface area contributed by atoms with E-state index in [0.717, 1.165) is 30.9 Å². The Morgan fingerprint density at radius 2 is 2.25 bits per heavy atom. The van der Waals surface area contributed by atoms with E-state index in [9.17, 15) is 5.11 Å². The van der Waals surface area contributed by atoms with E-state index in [0.29, 0.717) is 18.5 Å². The van der Waals surface area contributed by atoms with Gasteiger partial charge in [0.1, 0.15) is 5.82 Å². The van der Waals surface area contributed by atoms with Crippen molar-refractivity contribution >= 4 is 11.8 Å². The van der Waals surface area contributed by atoms with Gasteiger partial charge in [-0.25, -0.2) is 4.98 Å². The lowest BCUT2D eigenvalue weighted by atomic mass is 10.2. The second-order valence-corrected chi connectivity index (χ2v) is 5.69. The summed E-state index contributed by atoms with van der Waals surface area (Å²) in [5, 5.41) is 13.1. The summed E-state index contributed by atoms with van der Waals surface area (Å²) in [6, 6.07) is 0.295. The van der Waals surface area contributed by atoms with E-state index in [1.165, 1.54) is 0 Å². The van der Waals surface area contributed by atoms with Crippen molar-refractivity contribution in [3.05, 3.63) is 11.8 Å². The minimum atomic E-state index is -0.281. The zero-order valence-electron chi connectivity index (χ0n) is 12.8. The van der Waals surface area contributed by atoms with Crippen LogP contribution in [-0.4, -0.2) is 65.8 Å². The molecule has 0 radical (unpaired) electrons. The molecule has 0 aliphatic carbocycles. The van der Waals surface area contributed by atoms with Crippen LogP contribution in [0.15, 0.2) is 6.20 Å². The number of likely N-dealkylation sites (N-methyl/N-ethyl adjacent to an activating group) is 1. The van der Waals surface area contributed by atoms with Crippen molar-refractivity contribution in [3.8, 4) is 0 Å². The Balaban J connectivity index is 2.25. The number of hydrogen-bond acceptors (Lipinski definition) is 6. The van der Waals surface area contributed by atoms with E-state index in [2.05, 4.69) is 39.2 Å². The first-order valence-corrected chi connectivity index (χ1v) is 7.18. The number of anilines is 2. The second kappa shape index (κ2) is 6.37. The van der Waals surface area contributed by atoms with Crippen LogP contribution in [0.1, 0.15) is 18.9 Å². The van der Waals surface area contributed by atoms with Crippen molar-refractivity contribution in [2.75, 3.05) is 43.9 Å². The Kier molecular flexibility index (Phi) is 4.77. The maximum Gasteiger partial charge on any atom is 0.224 e. The van der Waals surface area contributed by atoms with E-state index in [-0.39, 0.29) is 6.10 Å². The van der Waals surface area contributed by atoms with Gasteiger partial charge in [0, 0.05) is 37.4 Å². The average molecular weight is 279 g/mol. The van der Waals surface area contributed by atoms with Gasteiger partial charge in [0.05, 0.1) is 6.10 Å². The Hall–Kier alpha value is -1.40. The van der Waals surface area contributed by atoms with Crippen LogP contribution < -0.4 is 10.2 Å². The summed E-state index contributed by atoms with van der Waals surface area (Å²) in [4.78, 5) is 13.3. The summed E-state index contributed by atoms with van der Waals surface area (Å²) in [7, 11) is 4.11. The molecule has 0 amide bonds. The predicted octanol–water partition coefficient (Wildman–Crippen LogP) is 0.718. The fraction of sp³-hybridized carbons (Fsp3) is 0.714. The monoisotopic (exact) mass is 279 g/mol. The molecule has 1 fully saturated rings. The SMILES string of the molecule is CCNc1ncc(C)c(N2CC(O)CC2CN(C)C)n1. The van der Waals surface area contributed by atoms with Gasteiger partial charge in [0.15, 0.2) is 0 Å². The van der Waals surface area contributed by atoms with Gasteiger partial charge in [-0.1, -0.05) is 0 Å². The molecule has 112 valence electrons. The van der Waals surface area contributed by atoms with Gasteiger partial charge in [-0.15, -0.1) is 0 Å². The lowest BCUT2D eigenvalue weighted by Gasteiger charge is -2.29. The molecule has 2 N–H and O–H groups in total. The van der Waals surface area contributed by atoms with Gasteiger partial charge in [0.25, 0.3) is 0 Å². The summed E-state index contributed by atoms with van der Waals surface area (Å²) < 4.78 is 0. The minimum absolute atomic E-state index is 0.281. The first-order chi connectivity index (χ1) is 9.51. The topological polar surface area (TPSA) is 64.5 Å². The van der Waals surface area contributed by atoms with Gasteiger partial charge in [0.2, 0.25) is 5.95 Å². The van der Waals surface area contributed by atoms with E-state index < -0.39 is 0 Å². The molecule has 2 unspecified atom stereocenters. The normalized spacial score (nSPS) is 22.6. The lowest BCUT2D eigenvalue weighted by Crippen LogP contribution is -2.38. The molecule has 0 bridgehead atoms. The van der Waals surface area contributed by atoms with Crippen LogP contribution in [0.2, 0.25) is 0 Å². The third-order valence-electron chi connectivity index (χ3n) is 3.52. The first-order valence-electron chi connectivity index (χ1n) is 7.18. The molecular formula is C14H25N5O. The smallest absolute Gasteiger partial charge is 0.224 e. The van der Waals surface area contributed by atoms with Crippen molar-refractivity contribution < 1.29 is 5.11 Å². The Labute approximate surface area is 120 Å². The van der Waals surface area contributed by atoms with Gasteiger partial charge >= 0.3 is 0 Å². The van der Waals surface area contributed by atoms with Crippen LogP contribution in [0.25, 0.3) is 0 Å². The number of β-amino-alcohol motifs (C(OH)–C–C–N with tert-alkyl or cyclic N) is 1. The molecule has 0 aromatic carbocycles. The summed E-state index contributed by atoms with van der Waals surface area (Å²) in [5.41, 5.74) is 1.05. The Morgan fingerprint density at radius 3 is 2.90 bits per heavy atom. The highest BCUT2D eigenvalue weighted by Crippen LogP contribution is 2.27. The Morgan fingerprint density at radius 1 is 1.50 bits per heavy atom. The summed E-state index contributed by atoms with van der Waals surface area (Å²) >= 11 is 0. The standard InChI is InChI=1S/C14H25N5O/c1-5-15-14-16-7-10(2)13(17-14)19-9-12(20)6-11(19)8-18(3)4/h7,11-12,20H,5-6,8-9H2,1-4H3,(H,15,16,17). The van der Waals surface area contributed by atoms with Crippen LogP contribution in [-0.2, 0) is 0 Å².